The van der Waals surface area contributed by atoms with Gasteiger partial charge in [-0.15, -0.1) is 0 Å². The molecule has 106 valence electrons. The highest BCUT2D eigenvalue weighted by molar-refractivity contribution is 6.33. The maximum atomic E-state index is 13.3. The van der Waals surface area contributed by atoms with Crippen LogP contribution in [0.25, 0.3) is 22.5 Å². The second-order valence-corrected chi connectivity index (χ2v) is 4.70. The van der Waals surface area contributed by atoms with Gasteiger partial charge in [-0.1, -0.05) is 16.8 Å². The van der Waals surface area contributed by atoms with Gasteiger partial charge < -0.3 is 10.3 Å². The molecule has 3 aromatic rings. The molecule has 0 unspecified atom stereocenters. The van der Waals surface area contributed by atoms with Gasteiger partial charge in [0.25, 0.3) is 0 Å². The summed E-state index contributed by atoms with van der Waals surface area (Å²) in [5, 5.41) is 3.81. The summed E-state index contributed by atoms with van der Waals surface area (Å²) in [5.74, 6) is -0.720. The number of nitrogen functional groups attached to an aromatic ring is 1. The van der Waals surface area contributed by atoms with Crippen molar-refractivity contribution in [2.24, 2.45) is 0 Å². The van der Waals surface area contributed by atoms with Crippen molar-refractivity contribution in [1.29, 1.82) is 0 Å². The van der Waals surface area contributed by atoms with Gasteiger partial charge in [0.05, 0.1) is 16.8 Å². The van der Waals surface area contributed by atoms with Gasteiger partial charge in [0.1, 0.15) is 11.6 Å². The molecular formula is C14H8ClF2N3O. The molecule has 0 aliphatic rings. The third-order valence-electron chi connectivity index (χ3n) is 2.89. The highest BCUT2D eigenvalue weighted by Gasteiger charge is 2.20. The van der Waals surface area contributed by atoms with Crippen LogP contribution in [0.5, 0.6) is 0 Å². The van der Waals surface area contributed by atoms with Crippen LogP contribution in [0.1, 0.15) is 0 Å². The predicted molar refractivity (Wildman–Crippen MR) is 74.5 cm³/mol. The van der Waals surface area contributed by atoms with Crippen LogP contribution >= 0.6 is 11.6 Å². The Kier molecular flexibility index (Phi) is 3.31. The van der Waals surface area contributed by atoms with Crippen molar-refractivity contribution < 1.29 is 13.3 Å². The molecule has 0 atom stereocenters. The largest absolute Gasteiger partial charge is 0.380 e. The van der Waals surface area contributed by atoms with E-state index in [-0.39, 0.29) is 16.6 Å². The molecule has 1 aromatic carbocycles. The third kappa shape index (κ3) is 2.45. The van der Waals surface area contributed by atoms with Crippen LogP contribution in [0.3, 0.4) is 0 Å². The molecule has 3 rings (SSSR count). The van der Waals surface area contributed by atoms with E-state index in [4.69, 9.17) is 21.9 Å². The van der Waals surface area contributed by atoms with Crippen LogP contribution < -0.4 is 5.73 Å². The van der Waals surface area contributed by atoms with Gasteiger partial charge in [-0.25, -0.2) is 8.78 Å². The summed E-state index contributed by atoms with van der Waals surface area (Å²) in [5.41, 5.74) is 6.95. The fourth-order valence-electron chi connectivity index (χ4n) is 1.99. The number of nitrogens with two attached hydrogens (primary N) is 1. The SMILES string of the molecule is Nc1noc(-c2cncc(F)c2)c1-c1ccc(F)cc1Cl. The van der Waals surface area contributed by atoms with Crippen LogP contribution in [-0.4, -0.2) is 10.1 Å². The highest BCUT2D eigenvalue weighted by atomic mass is 35.5. The van der Waals surface area contributed by atoms with E-state index in [1.807, 2.05) is 0 Å². The summed E-state index contributed by atoms with van der Waals surface area (Å²) in [6.07, 6.45) is 2.47. The fourth-order valence-corrected chi connectivity index (χ4v) is 2.25. The molecule has 0 fully saturated rings. The van der Waals surface area contributed by atoms with E-state index in [2.05, 4.69) is 10.1 Å². The van der Waals surface area contributed by atoms with Crippen LogP contribution in [0.15, 0.2) is 41.2 Å². The lowest BCUT2D eigenvalue weighted by molar-refractivity contribution is 0.435. The Morgan fingerprint density at radius 2 is 1.90 bits per heavy atom. The fraction of sp³-hybridized carbons (Fsp3) is 0. The average molecular weight is 308 g/mol. The number of halogens is 3. The van der Waals surface area contributed by atoms with Crippen LogP contribution in [-0.2, 0) is 0 Å². The van der Waals surface area contributed by atoms with Gasteiger partial charge >= 0.3 is 0 Å². The van der Waals surface area contributed by atoms with Crippen LogP contribution in [0.4, 0.5) is 14.6 Å². The second-order valence-electron chi connectivity index (χ2n) is 4.29. The molecule has 0 aliphatic carbocycles. The molecule has 2 aromatic heterocycles. The number of pyridine rings is 1. The molecule has 0 saturated heterocycles. The molecule has 0 aliphatic heterocycles. The van der Waals surface area contributed by atoms with Gasteiger partial charge in [0, 0.05) is 17.3 Å². The highest BCUT2D eigenvalue weighted by Crippen LogP contribution is 2.39. The molecule has 0 amide bonds. The lowest BCUT2D eigenvalue weighted by Gasteiger charge is -2.05. The van der Waals surface area contributed by atoms with Gasteiger partial charge in [0.15, 0.2) is 11.6 Å². The lowest BCUT2D eigenvalue weighted by Crippen LogP contribution is -1.91. The Bertz CT molecular complexity index is 820. The molecule has 0 saturated carbocycles. The maximum Gasteiger partial charge on any atom is 0.178 e. The molecular weight excluding hydrogens is 300 g/mol. The quantitative estimate of drug-likeness (QED) is 0.779. The molecule has 0 radical (unpaired) electrons. The van der Waals surface area contributed by atoms with Crippen molar-refractivity contribution in [2.45, 2.75) is 0 Å². The van der Waals surface area contributed by atoms with E-state index in [1.54, 1.807) is 0 Å². The zero-order chi connectivity index (χ0) is 15.0. The topological polar surface area (TPSA) is 64.9 Å². The number of anilines is 1. The summed E-state index contributed by atoms with van der Waals surface area (Å²) >= 11 is 6.03. The van der Waals surface area contributed by atoms with Crippen molar-refractivity contribution >= 4 is 17.4 Å². The van der Waals surface area contributed by atoms with Gasteiger partial charge in [-0.2, -0.15) is 0 Å². The van der Waals surface area contributed by atoms with Crippen molar-refractivity contribution in [3.8, 4) is 22.5 Å². The number of benzene rings is 1. The minimum Gasteiger partial charge on any atom is -0.380 e. The zero-order valence-corrected chi connectivity index (χ0v) is 11.2. The normalized spacial score (nSPS) is 10.8. The van der Waals surface area contributed by atoms with E-state index in [0.717, 1.165) is 12.3 Å². The predicted octanol–water partition coefficient (Wildman–Crippen LogP) is 3.92. The molecule has 21 heavy (non-hydrogen) atoms. The number of nitrogens with zero attached hydrogens (tertiary/aromatic N) is 2. The summed E-state index contributed by atoms with van der Waals surface area (Å²) in [6.45, 7) is 0. The Labute approximate surface area is 123 Å². The Morgan fingerprint density at radius 1 is 1.10 bits per heavy atom. The molecule has 2 N–H and O–H groups in total. The summed E-state index contributed by atoms with van der Waals surface area (Å²) < 4.78 is 31.6. The van der Waals surface area contributed by atoms with E-state index < -0.39 is 11.6 Å². The number of aromatic nitrogens is 2. The Morgan fingerprint density at radius 3 is 2.62 bits per heavy atom. The molecule has 4 nitrogen and oxygen atoms in total. The number of rotatable bonds is 2. The summed E-state index contributed by atoms with van der Waals surface area (Å²) in [7, 11) is 0. The first-order valence-electron chi connectivity index (χ1n) is 5.88. The molecule has 0 spiro atoms. The van der Waals surface area contributed by atoms with E-state index in [9.17, 15) is 8.78 Å². The first-order valence-corrected chi connectivity index (χ1v) is 6.25. The van der Waals surface area contributed by atoms with Gasteiger partial charge in [-0.05, 0) is 24.3 Å². The number of hydrogen-bond donors (Lipinski definition) is 1. The van der Waals surface area contributed by atoms with Gasteiger partial charge in [0.2, 0.25) is 0 Å². The first kappa shape index (κ1) is 13.5. The number of hydrogen-bond acceptors (Lipinski definition) is 4. The minimum atomic E-state index is -0.529. The van der Waals surface area contributed by atoms with Crippen molar-refractivity contribution in [3.63, 3.8) is 0 Å². The van der Waals surface area contributed by atoms with Gasteiger partial charge in [-0.3, -0.25) is 4.98 Å². The van der Waals surface area contributed by atoms with E-state index in [0.29, 0.717) is 16.7 Å². The second kappa shape index (κ2) is 5.14. The van der Waals surface area contributed by atoms with Crippen LogP contribution in [0, 0.1) is 11.6 Å². The van der Waals surface area contributed by atoms with Crippen LogP contribution in [0.2, 0.25) is 5.02 Å². The standard InChI is InChI=1S/C14H8ClF2N3O/c15-11-4-8(16)1-2-10(11)12-13(21-20-14(12)18)7-3-9(17)6-19-5-7/h1-6H,(H2,18,20). The average Bonchev–Trinajstić information content (AvgIpc) is 2.81. The molecule has 0 bridgehead atoms. The van der Waals surface area contributed by atoms with E-state index >= 15 is 0 Å². The van der Waals surface area contributed by atoms with Crippen molar-refractivity contribution in [2.75, 3.05) is 5.73 Å². The smallest absolute Gasteiger partial charge is 0.178 e. The third-order valence-corrected chi connectivity index (χ3v) is 3.20. The monoisotopic (exact) mass is 307 g/mol. The summed E-state index contributed by atoms with van der Waals surface area (Å²) in [6, 6.07) is 5.07. The lowest BCUT2D eigenvalue weighted by atomic mass is 10.0. The molecule has 7 heteroatoms. The van der Waals surface area contributed by atoms with Crippen molar-refractivity contribution in [3.05, 3.63) is 53.3 Å². The minimum absolute atomic E-state index is 0.0720. The Hall–Kier alpha value is -2.47. The van der Waals surface area contributed by atoms with Crippen molar-refractivity contribution in [1.82, 2.24) is 10.1 Å². The summed E-state index contributed by atoms with van der Waals surface area (Å²) in [4.78, 5) is 3.74. The Balaban J connectivity index is 2.22. The maximum absolute atomic E-state index is 13.3. The zero-order valence-electron chi connectivity index (χ0n) is 10.5. The first-order chi connectivity index (χ1) is 10.1. The van der Waals surface area contributed by atoms with E-state index in [1.165, 1.54) is 24.4 Å². The molecule has 2 heterocycles.